The normalized spacial score (nSPS) is 13.1. The van der Waals surface area contributed by atoms with Crippen molar-refractivity contribution in [2.24, 2.45) is 0 Å². The van der Waals surface area contributed by atoms with Crippen molar-refractivity contribution in [2.75, 3.05) is 20.3 Å². The summed E-state index contributed by atoms with van der Waals surface area (Å²) in [7, 11) is 1.33. The molecule has 2 rings (SSSR count). The zero-order valence-corrected chi connectivity index (χ0v) is 16.4. The number of halogens is 2. The maximum atomic E-state index is 11.1. The highest BCUT2D eigenvalue weighted by Crippen LogP contribution is 2.22. The summed E-state index contributed by atoms with van der Waals surface area (Å²) in [5.74, 6) is 0.240. The average Bonchev–Trinajstić information content (AvgIpc) is 2.65. The number of ether oxygens (including phenoxy) is 2. The second kappa shape index (κ2) is 10.4. The average molecular weight is 396 g/mol. The van der Waals surface area contributed by atoms with E-state index in [1.165, 1.54) is 12.7 Å². The summed E-state index contributed by atoms with van der Waals surface area (Å²) in [5, 5.41) is 4.00. The molecule has 2 atom stereocenters. The van der Waals surface area contributed by atoms with Gasteiger partial charge in [0.15, 0.2) is 6.61 Å². The monoisotopic (exact) mass is 395 g/mol. The Morgan fingerprint density at radius 3 is 2.58 bits per heavy atom. The van der Waals surface area contributed by atoms with Gasteiger partial charge in [0.25, 0.3) is 0 Å². The molecule has 0 radical (unpaired) electrons. The number of benzene rings is 2. The van der Waals surface area contributed by atoms with Crippen molar-refractivity contribution >= 4 is 29.2 Å². The maximum absolute atomic E-state index is 11.1. The summed E-state index contributed by atoms with van der Waals surface area (Å²) in [6, 6.07) is 15.5. The van der Waals surface area contributed by atoms with Crippen molar-refractivity contribution < 1.29 is 14.3 Å². The minimum absolute atomic E-state index is 0.0889. The van der Waals surface area contributed by atoms with Crippen LogP contribution in [0.3, 0.4) is 0 Å². The van der Waals surface area contributed by atoms with E-state index in [0.29, 0.717) is 17.3 Å². The van der Waals surface area contributed by atoms with Gasteiger partial charge in [-0.15, -0.1) is 11.6 Å². The first-order valence-corrected chi connectivity index (χ1v) is 9.21. The molecule has 1 N–H and O–H groups in total. The molecule has 0 aromatic heterocycles. The summed E-state index contributed by atoms with van der Waals surface area (Å²) in [5.41, 5.74) is 2.18. The molecule has 0 bridgehead atoms. The van der Waals surface area contributed by atoms with Crippen LogP contribution in [0.2, 0.25) is 5.02 Å². The molecule has 0 aliphatic heterocycles. The Kier molecular flexibility index (Phi) is 8.23. The topological polar surface area (TPSA) is 47.6 Å². The number of carbonyl (C=O) groups excluding carboxylic acids is 1. The van der Waals surface area contributed by atoms with Crippen molar-refractivity contribution in [1.29, 1.82) is 0 Å². The molecule has 0 heterocycles. The second-order valence-electron chi connectivity index (χ2n) is 6.04. The van der Waals surface area contributed by atoms with E-state index in [0.717, 1.165) is 12.0 Å². The Hall–Kier alpha value is -1.75. The molecule has 0 spiro atoms. The molecule has 6 heteroatoms. The van der Waals surface area contributed by atoms with E-state index in [9.17, 15) is 4.79 Å². The van der Waals surface area contributed by atoms with Crippen LogP contribution < -0.4 is 10.1 Å². The summed E-state index contributed by atoms with van der Waals surface area (Å²) in [6.07, 6.45) is 0.858. The van der Waals surface area contributed by atoms with Gasteiger partial charge in [0.1, 0.15) is 5.75 Å². The third-order valence-corrected chi connectivity index (χ3v) is 4.55. The molecule has 2 aromatic carbocycles. The third kappa shape index (κ3) is 6.87. The number of nitrogens with one attached hydrogen (secondary N) is 1. The van der Waals surface area contributed by atoms with E-state index in [-0.39, 0.29) is 18.0 Å². The molecule has 0 aliphatic carbocycles. The highest BCUT2D eigenvalue weighted by Gasteiger charge is 2.11. The number of methoxy groups -OCH3 is 1. The van der Waals surface area contributed by atoms with Gasteiger partial charge in [0.2, 0.25) is 0 Å². The lowest BCUT2D eigenvalue weighted by atomic mass is 10.1. The molecule has 0 fully saturated rings. The van der Waals surface area contributed by atoms with Crippen LogP contribution in [0.25, 0.3) is 0 Å². The van der Waals surface area contributed by atoms with Gasteiger partial charge in [-0.25, -0.2) is 4.79 Å². The van der Waals surface area contributed by atoms with Crippen molar-refractivity contribution in [3.8, 4) is 5.75 Å². The lowest BCUT2D eigenvalue weighted by Crippen LogP contribution is -2.30. The van der Waals surface area contributed by atoms with Crippen molar-refractivity contribution in [2.45, 2.75) is 24.8 Å². The summed E-state index contributed by atoms with van der Waals surface area (Å²) < 4.78 is 9.88. The summed E-state index contributed by atoms with van der Waals surface area (Å²) in [6.45, 7) is 2.68. The lowest BCUT2D eigenvalue weighted by molar-refractivity contribution is -0.142. The van der Waals surface area contributed by atoms with Gasteiger partial charge in [0.05, 0.1) is 12.5 Å². The molecule has 0 saturated carbocycles. The van der Waals surface area contributed by atoms with Crippen LogP contribution in [-0.2, 0) is 16.0 Å². The van der Waals surface area contributed by atoms with Crippen LogP contribution in [0.15, 0.2) is 48.5 Å². The van der Waals surface area contributed by atoms with Gasteiger partial charge in [-0.2, -0.15) is 0 Å². The van der Waals surface area contributed by atoms with Crippen LogP contribution in [0.4, 0.5) is 0 Å². The van der Waals surface area contributed by atoms with Gasteiger partial charge >= 0.3 is 5.97 Å². The molecule has 140 valence electrons. The number of hydrogen-bond acceptors (Lipinski definition) is 4. The van der Waals surface area contributed by atoms with Crippen LogP contribution >= 0.6 is 23.2 Å². The number of carbonyl (C=O) groups is 1. The molecule has 0 saturated heterocycles. The van der Waals surface area contributed by atoms with Crippen molar-refractivity contribution in [3.05, 3.63) is 64.7 Å². The predicted molar refractivity (Wildman–Crippen MR) is 105 cm³/mol. The summed E-state index contributed by atoms with van der Waals surface area (Å²) >= 11 is 12.4. The fourth-order valence-electron chi connectivity index (χ4n) is 2.47. The van der Waals surface area contributed by atoms with E-state index in [4.69, 9.17) is 27.9 Å². The van der Waals surface area contributed by atoms with Crippen LogP contribution in [-0.4, -0.2) is 32.3 Å². The smallest absolute Gasteiger partial charge is 0.343 e. The predicted octanol–water partition coefficient (Wildman–Crippen LogP) is 4.39. The van der Waals surface area contributed by atoms with E-state index in [2.05, 4.69) is 17.0 Å². The van der Waals surface area contributed by atoms with Crippen LogP contribution in [0.1, 0.15) is 23.4 Å². The Labute approximate surface area is 164 Å². The minimum atomic E-state index is -0.401. The molecule has 2 aromatic rings. The Bertz CT molecular complexity index is 706. The number of esters is 1. The number of hydrogen-bond donors (Lipinski definition) is 1. The van der Waals surface area contributed by atoms with Crippen molar-refractivity contribution in [3.63, 3.8) is 0 Å². The number of rotatable bonds is 9. The zero-order chi connectivity index (χ0) is 18.9. The van der Waals surface area contributed by atoms with E-state index < -0.39 is 5.97 Å². The molecular formula is C20H23Cl2NO3. The molecule has 2 unspecified atom stereocenters. The first kappa shape index (κ1) is 20.6. The third-order valence-electron chi connectivity index (χ3n) is 3.91. The molecule has 0 amide bonds. The first-order chi connectivity index (χ1) is 12.5. The SMILES string of the molecule is COC(=O)COc1ccc(CC(C)NCC(Cl)c2cccc(Cl)c2)cc1. The Morgan fingerprint density at radius 2 is 1.92 bits per heavy atom. The maximum Gasteiger partial charge on any atom is 0.343 e. The second-order valence-corrected chi connectivity index (χ2v) is 7.01. The fraction of sp³-hybridized carbons (Fsp3) is 0.350. The van der Waals surface area contributed by atoms with Gasteiger partial charge in [-0.1, -0.05) is 35.9 Å². The van der Waals surface area contributed by atoms with Gasteiger partial charge in [-0.05, 0) is 48.7 Å². The largest absolute Gasteiger partial charge is 0.482 e. The van der Waals surface area contributed by atoms with E-state index >= 15 is 0 Å². The van der Waals surface area contributed by atoms with Crippen LogP contribution in [0.5, 0.6) is 5.75 Å². The van der Waals surface area contributed by atoms with Crippen molar-refractivity contribution in [1.82, 2.24) is 5.32 Å². The molecule has 4 nitrogen and oxygen atoms in total. The highest BCUT2D eigenvalue weighted by atomic mass is 35.5. The van der Waals surface area contributed by atoms with Gasteiger partial charge < -0.3 is 14.8 Å². The zero-order valence-electron chi connectivity index (χ0n) is 14.9. The van der Waals surface area contributed by atoms with E-state index in [1.807, 2.05) is 48.5 Å². The Morgan fingerprint density at radius 1 is 1.19 bits per heavy atom. The molecule has 26 heavy (non-hydrogen) atoms. The standard InChI is InChI=1S/C20H23Cl2NO3/c1-14(23-12-19(22)16-4-3-5-17(21)11-16)10-15-6-8-18(9-7-15)26-13-20(24)25-2/h3-9,11,14,19,23H,10,12-13H2,1-2H3. The van der Waals surface area contributed by atoms with Gasteiger partial charge in [0, 0.05) is 17.6 Å². The molecule has 0 aliphatic rings. The number of alkyl halides is 1. The van der Waals surface area contributed by atoms with Gasteiger partial charge in [-0.3, -0.25) is 0 Å². The summed E-state index contributed by atoms with van der Waals surface area (Å²) in [4.78, 5) is 11.1. The van der Waals surface area contributed by atoms with Crippen LogP contribution in [0, 0.1) is 0 Å². The minimum Gasteiger partial charge on any atom is -0.482 e. The highest BCUT2D eigenvalue weighted by molar-refractivity contribution is 6.30. The first-order valence-electron chi connectivity index (χ1n) is 8.39. The fourth-order valence-corrected chi connectivity index (χ4v) is 2.90. The molecular weight excluding hydrogens is 373 g/mol. The lowest BCUT2D eigenvalue weighted by Gasteiger charge is -2.17. The quantitative estimate of drug-likeness (QED) is 0.505. The van der Waals surface area contributed by atoms with E-state index in [1.54, 1.807) is 0 Å². The Balaban J connectivity index is 1.78.